The molecule has 0 aliphatic heterocycles. The number of hydrogen-bond acceptors (Lipinski definition) is 6. The number of benzene rings is 1. The lowest BCUT2D eigenvalue weighted by molar-refractivity contribution is -0.115. The number of amides is 1. The smallest absolute Gasteiger partial charge is 0.237 e. The van der Waals surface area contributed by atoms with Crippen LogP contribution in [0.5, 0.6) is 5.75 Å². The SMILES string of the molecule is COc1ccc(NC(=O)[C@H](C)SCc2csc(-c3ccco3)n2)cc1Cl. The number of hydrogen-bond donors (Lipinski definition) is 1. The topological polar surface area (TPSA) is 64.4 Å². The summed E-state index contributed by atoms with van der Waals surface area (Å²) in [5.74, 6) is 1.89. The second kappa shape index (κ2) is 8.62. The number of rotatable bonds is 7. The van der Waals surface area contributed by atoms with Gasteiger partial charge >= 0.3 is 0 Å². The molecule has 0 aliphatic rings. The van der Waals surface area contributed by atoms with Crippen molar-refractivity contribution in [1.29, 1.82) is 0 Å². The van der Waals surface area contributed by atoms with E-state index in [1.165, 1.54) is 23.1 Å². The molecule has 1 amide bonds. The third kappa shape index (κ3) is 4.60. The first kappa shape index (κ1) is 18.8. The second-order valence-corrected chi connectivity index (χ2v) is 8.01. The third-order valence-electron chi connectivity index (χ3n) is 3.55. The average molecular weight is 409 g/mol. The van der Waals surface area contributed by atoms with Crippen LogP contribution in [0.3, 0.4) is 0 Å². The molecular weight excluding hydrogens is 392 g/mol. The molecule has 1 atom stereocenters. The van der Waals surface area contributed by atoms with Crippen molar-refractivity contribution in [1.82, 2.24) is 4.98 Å². The number of nitrogens with zero attached hydrogens (tertiary/aromatic N) is 1. The van der Waals surface area contributed by atoms with E-state index in [0.29, 0.717) is 22.2 Å². The molecule has 0 fully saturated rings. The molecule has 0 spiro atoms. The summed E-state index contributed by atoms with van der Waals surface area (Å²) in [6.45, 7) is 1.87. The summed E-state index contributed by atoms with van der Waals surface area (Å²) in [7, 11) is 1.55. The van der Waals surface area contributed by atoms with Gasteiger partial charge in [0.1, 0.15) is 5.75 Å². The molecule has 0 saturated heterocycles. The van der Waals surface area contributed by atoms with Gasteiger partial charge in [-0.25, -0.2) is 4.98 Å². The highest BCUT2D eigenvalue weighted by Crippen LogP contribution is 2.29. The van der Waals surface area contributed by atoms with Crippen molar-refractivity contribution in [3.63, 3.8) is 0 Å². The van der Waals surface area contributed by atoms with E-state index in [0.717, 1.165) is 16.5 Å². The number of furan rings is 1. The largest absolute Gasteiger partial charge is 0.495 e. The maximum atomic E-state index is 12.4. The molecule has 2 aromatic heterocycles. The van der Waals surface area contributed by atoms with E-state index in [2.05, 4.69) is 10.3 Å². The number of aromatic nitrogens is 1. The predicted octanol–water partition coefficient (Wildman–Crippen LogP) is 5.33. The van der Waals surface area contributed by atoms with E-state index >= 15 is 0 Å². The number of carbonyl (C=O) groups is 1. The summed E-state index contributed by atoms with van der Waals surface area (Å²) in [6.07, 6.45) is 1.63. The highest BCUT2D eigenvalue weighted by molar-refractivity contribution is 7.99. The van der Waals surface area contributed by atoms with Crippen LogP contribution in [0.15, 0.2) is 46.4 Å². The standard InChI is InChI=1S/C18H17ClN2O3S2/c1-11(17(22)20-12-5-6-15(23-2)14(19)8-12)25-9-13-10-26-18(21-13)16-4-3-7-24-16/h3-8,10-11H,9H2,1-2H3,(H,20,22)/t11-/m0/s1. The van der Waals surface area contributed by atoms with Crippen LogP contribution in [0.2, 0.25) is 5.02 Å². The van der Waals surface area contributed by atoms with Crippen molar-refractivity contribution >= 4 is 46.3 Å². The fraction of sp³-hybridized carbons (Fsp3) is 0.222. The first-order valence-electron chi connectivity index (χ1n) is 7.81. The highest BCUT2D eigenvalue weighted by atomic mass is 35.5. The molecule has 1 aromatic carbocycles. The zero-order chi connectivity index (χ0) is 18.5. The number of ether oxygens (including phenoxy) is 1. The van der Waals surface area contributed by atoms with Crippen LogP contribution < -0.4 is 10.1 Å². The second-order valence-electron chi connectivity index (χ2n) is 5.41. The Morgan fingerprint density at radius 1 is 1.46 bits per heavy atom. The molecule has 1 N–H and O–H groups in total. The molecule has 136 valence electrons. The number of thioether (sulfide) groups is 1. The monoisotopic (exact) mass is 408 g/mol. The van der Waals surface area contributed by atoms with Crippen LogP contribution >= 0.6 is 34.7 Å². The Hall–Kier alpha value is -1.96. The molecule has 3 aromatic rings. The molecule has 2 heterocycles. The Bertz CT molecular complexity index is 880. The maximum absolute atomic E-state index is 12.4. The van der Waals surface area contributed by atoms with Crippen LogP contribution in [0.4, 0.5) is 5.69 Å². The molecule has 0 bridgehead atoms. The lowest BCUT2D eigenvalue weighted by Gasteiger charge is -2.12. The fourth-order valence-electron chi connectivity index (χ4n) is 2.16. The van der Waals surface area contributed by atoms with Crippen molar-refractivity contribution in [2.45, 2.75) is 17.9 Å². The van der Waals surface area contributed by atoms with Gasteiger partial charge in [0.25, 0.3) is 0 Å². The first-order chi connectivity index (χ1) is 12.6. The van der Waals surface area contributed by atoms with Crippen molar-refractivity contribution < 1.29 is 13.9 Å². The number of halogens is 1. The first-order valence-corrected chi connectivity index (χ1v) is 10.1. The maximum Gasteiger partial charge on any atom is 0.237 e. The molecule has 5 nitrogen and oxygen atoms in total. The van der Waals surface area contributed by atoms with Gasteiger partial charge in [-0.3, -0.25) is 4.79 Å². The van der Waals surface area contributed by atoms with Gasteiger partial charge in [-0.2, -0.15) is 0 Å². The van der Waals surface area contributed by atoms with Crippen LogP contribution in [-0.2, 0) is 10.5 Å². The Labute approximate surface area is 164 Å². The van der Waals surface area contributed by atoms with E-state index in [9.17, 15) is 4.79 Å². The summed E-state index contributed by atoms with van der Waals surface area (Å²) in [5, 5.41) is 5.92. The number of nitrogens with one attached hydrogen (secondary N) is 1. The minimum absolute atomic E-state index is 0.0854. The Morgan fingerprint density at radius 3 is 3.00 bits per heavy atom. The van der Waals surface area contributed by atoms with Gasteiger partial charge in [0.15, 0.2) is 10.8 Å². The van der Waals surface area contributed by atoms with Gasteiger partial charge in [0.2, 0.25) is 5.91 Å². The quantitative estimate of drug-likeness (QED) is 0.572. The molecular formula is C18H17ClN2O3S2. The van der Waals surface area contributed by atoms with Crippen LogP contribution in [0, 0.1) is 0 Å². The predicted molar refractivity (Wildman–Crippen MR) is 107 cm³/mol. The van der Waals surface area contributed by atoms with Crippen molar-refractivity contribution in [3.05, 3.63) is 52.7 Å². The van der Waals surface area contributed by atoms with E-state index in [1.807, 2.05) is 24.4 Å². The minimum atomic E-state index is -0.232. The summed E-state index contributed by atoms with van der Waals surface area (Å²) in [4.78, 5) is 16.9. The van der Waals surface area contributed by atoms with Crippen LogP contribution in [-0.4, -0.2) is 23.3 Å². The summed E-state index contributed by atoms with van der Waals surface area (Å²) < 4.78 is 10.5. The molecule has 0 aliphatic carbocycles. The van der Waals surface area contributed by atoms with Gasteiger partial charge in [-0.1, -0.05) is 11.6 Å². The fourth-order valence-corrected chi connectivity index (χ4v) is 4.09. The van der Waals surface area contributed by atoms with Crippen LogP contribution in [0.1, 0.15) is 12.6 Å². The average Bonchev–Trinajstić information content (AvgIpc) is 3.31. The van der Waals surface area contributed by atoms with Gasteiger partial charge in [-0.05, 0) is 37.3 Å². The third-order valence-corrected chi connectivity index (χ3v) is 5.93. The number of methoxy groups -OCH3 is 1. The molecule has 3 rings (SSSR count). The van der Waals surface area contributed by atoms with E-state index in [1.54, 1.807) is 31.6 Å². The molecule has 0 unspecified atom stereocenters. The van der Waals surface area contributed by atoms with Crippen molar-refractivity contribution in [2.75, 3.05) is 12.4 Å². The lowest BCUT2D eigenvalue weighted by atomic mass is 10.3. The normalized spacial score (nSPS) is 12.0. The zero-order valence-electron chi connectivity index (χ0n) is 14.2. The molecule has 0 radical (unpaired) electrons. The van der Waals surface area contributed by atoms with Gasteiger partial charge < -0.3 is 14.5 Å². The van der Waals surface area contributed by atoms with Gasteiger partial charge in [-0.15, -0.1) is 23.1 Å². The summed E-state index contributed by atoms with van der Waals surface area (Å²) in [5.41, 5.74) is 1.57. The lowest BCUT2D eigenvalue weighted by Crippen LogP contribution is -2.22. The van der Waals surface area contributed by atoms with Crippen molar-refractivity contribution in [2.24, 2.45) is 0 Å². The van der Waals surface area contributed by atoms with Gasteiger partial charge in [0.05, 0.1) is 29.3 Å². The Balaban J connectivity index is 1.54. The summed E-state index contributed by atoms with van der Waals surface area (Å²) >= 11 is 9.13. The minimum Gasteiger partial charge on any atom is -0.495 e. The Kier molecular flexibility index (Phi) is 6.24. The summed E-state index contributed by atoms with van der Waals surface area (Å²) in [6, 6.07) is 8.87. The molecule has 0 saturated carbocycles. The number of thiazole rings is 1. The van der Waals surface area contributed by atoms with E-state index in [-0.39, 0.29) is 11.2 Å². The number of carbonyl (C=O) groups excluding carboxylic acids is 1. The molecule has 8 heteroatoms. The van der Waals surface area contributed by atoms with Crippen molar-refractivity contribution in [3.8, 4) is 16.5 Å². The molecule has 26 heavy (non-hydrogen) atoms. The number of anilines is 1. The van der Waals surface area contributed by atoms with E-state index < -0.39 is 0 Å². The van der Waals surface area contributed by atoms with Gasteiger partial charge in [0, 0.05) is 16.8 Å². The Morgan fingerprint density at radius 2 is 2.31 bits per heavy atom. The highest BCUT2D eigenvalue weighted by Gasteiger charge is 2.16. The van der Waals surface area contributed by atoms with E-state index in [4.69, 9.17) is 20.8 Å². The van der Waals surface area contributed by atoms with Crippen LogP contribution in [0.25, 0.3) is 10.8 Å². The zero-order valence-corrected chi connectivity index (χ0v) is 16.6.